The number of non-ortho nitro benzene ring substituents is 1. The van der Waals surface area contributed by atoms with Gasteiger partial charge < -0.3 is 9.80 Å². The summed E-state index contributed by atoms with van der Waals surface area (Å²) in [5.41, 5.74) is 1.96. The first-order valence-corrected chi connectivity index (χ1v) is 9.03. The van der Waals surface area contributed by atoms with E-state index >= 15 is 0 Å². The van der Waals surface area contributed by atoms with Gasteiger partial charge >= 0.3 is 0 Å². The van der Waals surface area contributed by atoms with Crippen molar-refractivity contribution < 1.29 is 9.72 Å². The Morgan fingerprint density at radius 3 is 2.19 bits per heavy atom. The standard InChI is InChI=1S/C20H24N4O3/c1-16(20(25)21(2)17-6-4-3-5-7-17)22-12-14-23(15-13-22)18-8-10-19(11-9-18)24(26)27/h3-11,16H,12-15H2,1-2H3/t16-/m0/s1. The lowest BCUT2D eigenvalue weighted by atomic mass is 10.1. The summed E-state index contributed by atoms with van der Waals surface area (Å²) in [7, 11) is 1.81. The first-order chi connectivity index (χ1) is 13.0. The van der Waals surface area contributed by atoms with Gasteiger partial charge in [-0.25, -0.2) is 0 Å². The van der Waals surface area contributed by atoms with Crippen LogP contribution in [0.5, 0.6) is 0 Å². The minimum atomic E-state index is -0.391. The molecule has 0 spiro atoms. The molecule has 1 fully saturated rings. The van der Waals surface area contributed by atoms with Crippen molar-refractivity contribution >= 4 is 23.0 Å². The second-order valence-electron chi connectivity index (χ2n) is 6.71. The summed E-state index contributed by atoms with van der Waals surface area (Å²) in [4.78, 5) is 29.3. The predicted molar refractivity (Wildman–Crippen MR) is 106 cm³/mol. The minimum absolute atomic E-state index is 0.0741. The average Bonchev–Trinajstić information content (AvgIpc) is 2.73. The summed E-state index contributed by atoms with van der Waals surface area (Å²) in [6.07, 6.45) is 0. The molecule has 1 aliphatic heterocycles. The molecule has 1 saturated heterocycles. The molecule has 1 amide bonds. The van der Waals surface area contributed by atoms with Crippen molar-refractivity contribution in [3.05, 3.63) is 64.7 Å². The molecule has 0 aromatic heterocycles. The highest BCUT2D eigenvalue weighted by atomic mass is 16.6. The maximum absolute atomic E-state index is 12.8. The number of anilines is 2. The predicted octanol–water partition coefficient (Wildman–Crippen LogP) is 2.77. The van der Waals surface area contributed by atoms with Crippen molar-refractivity contribution in [3.63, 3.8) is 0 Å². The number of nitrogens with zero attached hydrogens (tertiary/aromatic N) is 4. The van der Waals surface area contributed by atoms with E-state index in [9.17, 15) is 14.9 Å². The van der Waals surface area contributed by atoms with Gasteiger partial charge in [-0.2, -0.15) is 0 Å². The largest absolute Gasteiger partial charge is 0.369 e. The number of benzene rings is 2. The third-order valence-electron chi connectivity index (χ3n) is 5.12. The summed E-state index contributed by atoms with van der Waals surface area (Å²) < 4.78 is 0. The van der Waals surface area contributed by atoms with E-state index in [0.717, 1.165) is 37.6 Å². The normalized spacial score (nSPS) is 16.0. The number of nitro benzene ring substituents is 1. The van der Waals surface area contributed by atoms with Crippen molar-refractivity contribution in [1.82, 2.24) is 4.90 Å². The van der Waals surface area contributed by atoms with Crippen molar-refractivity contribution in [3.8, 4) is 0 Å². The van der Waals surface area contributed by atoms with E-state index in [1.165, 1.54) is 12.1 Å². The van der Waals surface area contributed by atoms with Gasteiger partial charge in [-0.05, 0) is 31.2 Å². The topological polar surface area (TPSA) is 69.9 Å². The first kappa shape index (κ1) is 18.8. The Bertz CT molecular complexity index is 787. The van der Waals surface area contributed by atoms with Crippen LogP contribution >= 0.6 is 0 Å². The smallest absolute Gasteiger partial charge is 0.269 e. The summed E-state index contributed by atoms with van der Waals surface area (Å²) in [5.74, 6) is 0.0741. The number of rotatable bonds is 5. The van der Waals surface area contributed by atoms with Crippen LogP contribution in [0.2, 0.25) is 0 Å². The Hall–Kier alpha value is -2.93. The monoisotopic (exact) mass is 368 g/mol. The van der Waals surface area contributed by atoms with Crippen LogP contribution < -0.4 is 9.80 Å². The number of carbonyl (C=O) groups excluding carboxylic acids is 1. The molecule has 0 saturated carbocycles. The molecule has 1 heterocycles. The minimum Gasteiger partial charge on any atom is -0.369 e. The zero-order chi connectivity index (χ0) is 19.4. The number of hydrogen-bond donors (Lipinski definition) is 0. The Balaban J connectivity index is 1.58. The summed E-state index contributed by atoms with van der Waals surface area (Å²) in [6, 6.07) is 16.1. The van der Waals surface area contributed by atoms with E-state index in [0.29, 0.717) is 0 Å². The maximum Gasteiger partial charge on any atom is 0.269 e. The number of piperazine rings is 1. The third-order valence-corrected chi connectivity index (χ3v) is 5.12. The first-order valence-electron chi connectivity index (χ1n) is 9.03. The van der Waals surface area contributed by atoms with Gasteiger partial charge in [0.25, 0.3) is 5.69 Å². The number of para-hydroxylation sites is 1. The van der Waals surface area contributed by atoms with Gasteiger partial charge in [0.15, 0.2) is 0 Å². The van der Waals surface area contributed by atoms with Crippen LogP contribution in [0.4, 0.5) is 17.1 Å². The molecule has 7 nitrogen and oxygen atoms in total. The van der Waals surface area contributed by atoms with Crippen molar-refractivity contribution in [2.75, 3.05) is 43.0 Å². The molecule has 1 atom stereocenters. The zero-order valence-corrected chi connectivity index (χ0v) is 15.6. The van der Waals surface area contributed by atoms with E-state index < -0.39 is 4.92 Å². The Kier molecular flexibility index (Phi) is 5.71. The molecule has 7 heteroatoms. The molecule has 0 unspecified atom stereocenters. The van der Waals surface area contributed by atoms with Crippen LogP contribution in [0.25, 0.3) is 0 Å². The number of nitro groups is 1. The molecule has 0 aliphatic carbocycles. The van der Waals surface area contributed by atoms with Crippen LogP contribution in [-0.2, 0) is 4.79 Å². The highest BCUT2D eigenvalue weighted by Crippen LogP contribution is 2.22. The molecule has 1 aliphatic rings. The molecular weight excluding hydrogens is 344 g/mol. The van der Waals surface area contributed by atoms with Crippen LogP contribution in [0, 0.1) is 10.1 Å². The third kappa shape index (κ3) is 4.25. The maximum atomic E-state index is 12.8. The highest BCUT2D eigenvalue weighted by Gasteiger charge is 2.28. The summed E-state index contributed by atoms with van der Waals surface area (Å²) in [5, 5.41) is 10.8. The summed E-state index contributed by atoms with van der Waals surface area (Å²) in [6.45, 7) is 5.05. The number of carbonyl (C=O) groups is 1. The summed E-state index contributed by atoms with van der Waals surface area (Å²) >= 11 is 0. The number of amides is 1. The van der Waals surface area contributed by atoms with Crippen molar-refractivity contribution in [2.24, 2.45) is 0 Å². The molecule has 0 N–H and O–H groups in total. The van der Waals surface area contributed by atoms with Gasteiger partial charge in [0.05, 0.1) is 11.0 Å². The zero-order valence-electron chi connectivity index (χ0n) is 15.6. The Morgan fingerprint density at radius 1 is 1.04 bits per heavy atom. The molecule has 2 aromatic carbocycles. The van der Waals surface area contributed by atoms with Gasteiger partial charge in [0.1, 0.15) is 0 Å². The second kappa shape index (κ2) is 8.18. The van der Waals surface area contributed by atoms with Crippen molar-refractivity contribution in [2.45, 2.75) is 13.0 Å². The highest BCUT2D eigenvalue weighted by molar-refractivity contribution is 5.96. The molecular formula is C20H24N4O3. The lowest BCUT2D eigenvalue weighted by Gasteiger charge is -2.39. The van der Waals surface area contributed by atoms with Crippen molar-refractivity contribution in [1.29, 1.82) is 0 Å². The lowest BCUT2D eigenvalue weighted by molar-refractivity contribution is -0.384. The lowest BCUT2D eigenvalue weighted by Crippen LogP contribution is -2.54. The fourth-order valence-electron chi connectivity index (χ4n) is 3.37. The SMILES string of the molecule is C[C@@H](C(=O)N(C)c1ccccc1)N1CCN(c2ccc([N+](=O)[O-])cc2)CC1. The van der Waals surface area contributed by atoms with Gasteiger partial charge in [0.2, 0.25) is 5.91 Å². The van der Waals surface area contributed by atoms with Gasteiger partial charge in [-0.3, -0.25) is 19.8 Å². The van der Waals surface area contributed by atoms with Gasteiger partial charge in [-0.15, -0.1) is 0 Å². The molecule has 142 valence electrons. The van der Waals surface area contributed by atoms with Gasteiger partial charge in [-0.1, -0.05) is 18.2 Å². The fourth-order valence-corrected chi connectivity index (χ4v) is 3.37. The van der Waals surface area contributed by atoms with E-state index in [1.807, 2.05) is 37.3 Å². The number of likely N-dealkylation sites (N-methyl/N-ethyl adjacent to an activating group) is 1. The average molecular weight is 368 g/mol. The van der Waals surface area contributed by atoms with Crippen LogP contribution in [-0.4, -0.2) is 55.0 Å². The van der Waals surface area contributed by atoms with Crippen LogP contribution in [0.3, 0.4) is 0 Å². The Labute approximate surface area is 158 Å². The Morgan fingerprint density at radius 2 is 1.63 bits per heavy atom. The van der Waals surface area contributed by atoms with E-state index in [2.05, 4.69) is 9.80 Å². The molecule has 0 bridgehead atoms. The quantitative estimate of drug-likeness (QED) is 0.600. The molecule has 2 aromatic rings. The van der Waals surface area contributed by atoms with Gasteiger partial charge in [0, 0.05) is 56.7 Å². The van der Waals surface area contributed by atoms with E-state index in [4.69, 9.17) is 0 Å². The fraction of sp³-hybridized carbons (Fsp3) is 0.350. The molecule has 0 radical (unpaired) electrons. The molecule has 27 heavy (non-hydrogen) atoms. The van der Waals surface area contributed by atoms with Crippen LogP contribution in [0.1, 0.15) is 6.92 Å². The number of hydrogen-bond acceptors (Lipinski definition) is 5. The molecule has 3 rings (SSSR count). The van der Waals surface area contributed by atoms with E-state index in [-0.39, 0.29) is 17.6 Å². The van der Waals surface area contributed by atoms with E-state index in [1.54, 1.807) is 24.1 Å². The second-order valence-corrected chi connectivity index (χ2v) is 6.71. The van der Waals surface area contributed by atoms with Crippen LogP contribution in [0.15, 0.2) is 54.6 Å².